The van der Waals surface area contributed by atoms with Crippen LogP contribution < -0.4 is 10.9 Å². The molecule has 0 aliphatic carbocycles. The largest absolute Gasteiger partial charge is 0.329 e. The average Bonchev–Trinajstić information content (AvgIpc) is 2.74. The molecule has 2 aromatic heterocycles. The van der Waals surface area contributed by atoms with Crippen LogP contribution in [0.4, 0.5) is 0 Å². The Kier molecular flexibility index (Phi) is 6.11. The number of amides is 1. The summed E-state index contributed by atoms with van der Waals surface area (Å²) in [5.41, 5.74) is 2.64. The molecule has 28 heavy (non-hydrogen) atoms. The molecule has 6 nitrogen and oxygen atoms in total. The zero-order valence-corrected chi connectivity index (χ0v) is 16.5. The number of fused-ring (bicyclic) bond motifs is 1. The van der Waals surface area contributed by atoms with Crippen molar-refractivity contribution in [2.75, 3.05) is 19.6 Å². The first-order chi connectivity index (χ1) is 13.2. The first-order valence-corrected chi connectivity index (χ1v) is 9.26. The highest BCUT2D eigenvalue weighted by Gasteiger charge is 2.30. The molecule has 1 saturated heterocycles. The van der Waals surface area contributed by atoms with Crippen molar-refractivity contribution in [2.24, 2.45) is 0 Å². The predicted molar refractivity (Wildman–Crippen MR) is 111 cm³/mol. The lowest BCUT2D eigenvalue weighted by molar-refractivity contribution is 0.0632. The van der Waals surface area contributed by atoms with Crippen molar-refractivity contribution in [3.05, 3.63) is 81.9 Å². The van der Waals surface area contributed by atoms with Crippen molar-refractivity contribution in [1.29, 1.82) is 0 Å². The van der Waals surface area contributed by atoms with E-state index < -0.39 is 0 Å². The molecule has 1 aliphatic rings. The van der Waals surface area contributed by atoms with Crippen LogP contribution in [0.25, 0.3) is 5.65 Å². The lowest BCUT2D eigenvalue weighted by Gasteiger charge is -2.36. The highest BCUT2D eigenvalue weighted by atomic mass is 35.5. The molecule has 1 unspecified atom stereocenters. The fraction of sp³-hybridized carbons (Fsp3) is 0.286. The molecule has 1 N–H and O–H groups in total. The lowest BCUT2D eigenvalue weighted by Crippen LogP contribution is -2.49. The summed E-state index contributed by atoms with van der Waals surface area (Å²) in [5, 5.41) is 3.35. The van der Waals surface area contributed by atoms with Crippen LogP contribution in [0.1, 0.15) is 34.5 Å². The van der Waals surface area contributed by atoms with Crippen molar-refractivity contribution < 1.29 is 4.79 Å². The van der Waals surface area contributed by atoms with Crippen LogP contribution in [-0.4, -0.2) is 39.8 Å². The van der Waals surface area contributed by atoms with Crippen LogP contribution in [0.3, 0.4) is 0 Å². The van der Waals surface area contributed by atoms with Gasteiger partial charge in [-0.05, 0) is 29.7 Å². The fourth-order valence-electron chi connectivity index (χ4n) is 3.55. The molecule has 7 heteroatoms. The van der Waals surface area contributed by atoms with E-state index in [-0.39, 0.29) is 35.5 Å². The normalized spacial score (nSPS) is 16.6. The number of nitrogens with one attached hydrogen (secondary N) is 1. The maximum absolute atomic E-state index is 13.2. The predicted octanol–water partition coefficient (Wildman–Crippen LogP) is 2.47. The molecule has 1 amide bonds. The number of pyridine rings is 1. The topological polar surface area (TPSA) is 66.7 Å². The third-order valence-corrected chi connectivity index (χ3v) is 5.12. The highest BCUT2D eigenvalue weighted by molar-refractivity contribution is 5.94. The van der Waals surface area contributed by atoms with E-state index in [4.69, 9.17) is 0 Å². The summed E-state index contributed by atoms with van der Waals surface area (Å²) in [5.74, 6) is -0.267. The van der Waals surface area contributed by atoms with Crippen LogP contribution in [0.15, 0.2) is 59.7 Å². The molecule has 146 valence electrons. The number of piperazine rings is 1. The van der Waals surface area contributed by atoms with Gasteiger partial charge in [0.2, 0.25) is 0 Å². The average molecular weight is 399 g/mol. The molecule has 0 saturated carbocycles. The Morgan fingerprint density at radius 2 is 2.00 bits per heavy atom. The quantitative estimate of drug-likeness (QED) is 0.736. The van der Waals surface area contributed by atoms with Crippen LogP contribution in [-0.2, 0) is 6.42 Å². The van der Waals surface area contributed by atoms with E-state index in [2.05, 4.69) is 41.5 Å². The molecule has 1 aliphatic heterocycles. The summed E-state index contributed by atoms with van der Waals surface area (Å²) in [7, 11) is 0. The van der Waals surface area contributed by atoms with Crippen molar-refractivity contribution in [3.63, 3.8) is 0 Å². The van der Waals surface area contributed by atoms with Gasteiger partial charge >= 0.3 is 0 Å². The molecule has 1 fully saturated rings. The van der Waals surface area contributed by atoms with E-state index in [9.17, 15) is 9.59 Å². The van der Waals surface area contributed by atoms with E-state index >= 15 is 0 Å². The van der Waals surface area contributed by atoms with Gasteiger partial charge in [0.25, 0.3) is 11.5 Å². The lowest BCUT2D eigenvalue weighted by atomic mass is 10.0. The number of carbonyl (C=O) groups is 1. The maximum atomic E-state index is 13.2. The van der Waals surface area contributed by atoms with Gasteiger partial charge in [0.05, 0.1) is 6.04 Å². The monoisotopic (exact) mass is 398 g/mol. The molecule has 1 atom stereocenters. The van der Waals surface area contributed by atoms with Gasteiger partial charge in [0, 0.05) is 32.0 Å². The zero-order valence-electron chi connectivity index (χ0n) is 15.7. The molecular formula is C21H23ClN4O2. The number of hydrogen-bond acceptors (Lipinski definition) is 4. The minimum absolute atomic E-state index is 0. The minimum atomic E-state index is -0.329. The number of carbonyl (C=O) groups excluding carboxylic acids is 1. The van der Waals surface area contributed by atoms with Crippen molar-refractivity contribution in [1.82, 2.24) is 19.6 Å². The van der Waals surface area contributed by atoms with Gasteiger partial charge in [0.15, 0.2) is 0 Å². The number of hydrogen-bond donors (Lipinski definition) is 1. The van der Waals surface area contributed by atoms with Crippen LogP contribution in [0, 0.1) is 0 Å². The van der Waals surface area contributed by atoms with E-state index in [0.717, 1.165) is 12.0 Å². The van der Waals surface area contributed by atoms with Gasteiger partial charge in [-0.2, -0.15) is 0 Å². The third kappa shape index (κ3) is 3.66. The van der Waals surface area contributed by atoms with Crippen molar-refractivity contribution >= 4 is 24.0 Å². The molecule has 0 bridgehead atoms. The standard InChI is InChI=1S/C21H22N4O2.ClH/c1-2-15-6-8-16(9-7-15)18-14-22-10-12-24(18)20(26)17-13-23-19-5-3-4-11-25(19)21(17)27;/h3-9,11,13,18,22H,2,10,12,14H2,1H3;1H. The Hall–Kier alpha value is -2.70. The summed E-state index contributed by atoms with van der Waals surface area (Å²) in [6.07, 6.45) is 4.02. The first-order valence-electron chi connectivity index (χ1n) is 9.26. The second-order valence-corrected chi connectivity index (χ2v) is 6.72. The molecule has 0 radical (unpaired) electrons. The SMILES string of the molecule is CCc1ccc(C2CNCCN2C(=O)c2cnc3ccccn3c2=O)cc1.Cl. The molecule has 3 aromatic rings. The van der Waals surface area contributed by atoms with E-state index in [1.165, 1.54) is 16.2 Å². The summed E-state index contributed by atoms with van der Waals surface area (Å²) in [4.78, 5) is 32.1. The Morgan fingerprint density at radius 1 is 1.21 bits per heavy atom. The number of aryl methyl sites for hydroxylation is 1. The van der Waals surface area contributed by atoms with Crippen LogP contribution in [0.5, 0.6) is 0 Å². The molecule has 4 rings (SSSR count). The van der Waals surface area contributed by atoms with Crippen molar-refractivity contribution in [2.45, 2.75) is 19.4 Å². The smallest absolute Gasteiger partial charge is 0.270 e. The second-order valence-electron chi connectivity index (χ2n) is 6.72. The Balaban J connectivity index is 0.00000225. The number of rotatable bonds is 3. The van der Waals surface area contributed by atoms with Gasteiger partial charge in [-0.1, -0.05) is 37.3 Å². The summed E-state index contributed by atoms with van der Waals surface area (Å²) in [6, 6.07) is 13.6. The Bertz CT molecular complexity index is 1030. The summed E-state index contributed by atoms with van der Waals surface area (Å²) >= 11 is 0. The minimum Gasteiger partial charge on any atom is -0.329 e. The van der Waals surface area contributed by atoms with E-state index in [1.54, 1.807) is 23.2 Å². The van der Waals surface area contributed by atoms with Gasteiger partial charge in [-0.3, -0.25) is 14.0 Å². The molecule has 0 spiro atoms. The Morgan fingerprint density at radius 3 is 2.75 bits per heavy atom. The van der Waals surface area contributed by atoms with Gasteiger partial charge in [-0.25, -0.2) is 4.98 Å². The fourth-order valence-corrected chi connectivity index (χ4v) is 3.55. The number of nitrogens with zero attached hydrogens (tertiary/aromatic N) is 3. The van der Waals surface area contributed by atoms with E-state index in [1.807, 2.05) is 6.07 Å². The molecule has 3 heterocycles. The van der Waals surface area contributed by atoms with Crippen LogP contribution in [0.2, 0.25) is 0 Å². The summed E-state index contributed by atoms with van der Waals surface area (Å²) < 4.78 is 1.42. The number of halogens is 1. The zero-order chi connectivity index (χ0) is 18.8. The van der Waals surface area contributed by atoms with Crippen molar-refractivity contribution in [3.8, 4) is 0 Å². The number of aromatic nitrogens is 2. The van der Waals surface area contributed by atoms with E-state index in [0.29, 0.717) is 25.3 Å². The van der Waals surface area contributed by atoms with Crippen LogP contribution >= 0.6 is 12.4 Å². The highest BCUT2D eigenvalue weighted by Crippen LogP contribution is 2.24. The number of benzene rings is 1. The third-order valence-electron chi connectivity index (χ3n) is 5.12. The Labute approximate surface area is 169 Å². The molecule has 1 aromatic carbocycles. The van der Waals surface area contributed by atoms with Gasteiger partial charge in [0.1, 0.15) is 11.2 Å². The summed E-state index contributed by atoms with van der Waals surface area (Å²) in [6.45, 7) is 4.04. The maximum Gasteiger partial charge on any atom is 0.270 e. The molecular weight excluding hydrogens is 376 g/mol. The van der Waals surface area contributed by atoms with Gasteiger partial charge < -0.3 is 10.2 Å². The first kappa shape index (κ1) is 20.0. The van der Waals surface area contributed by atoms with Gasteiger partial charge in [-0.15, -0.1) is 12.4 Å². The second kappa shape index (κ2) is 8.54.